The molecule has 264 valence electrons. The number of carbonyl (C=O) groups is 2. The number of fused-ring (bicyclic) bond motifs is 1. The molecule has 3 heterocycles. The molecule has 10 heteroatoms. The van der Waals surface area contributed by atoms with Crippen molar-refractivity contribution in [3.63, 3.8) is 0 Å². The van der Waals surface area contributed by atoms with E-state index >= 15 is 0 Å². The zero-order chi connectivity index (χ0) is 35.3. The summed E-state index contributed by atoms with van der Waals surface area (Å²) in [6, 6.07) is 28.5. The maximum absolute atomic E-state index is 14.2. The van der Waals surface area contributed by atoms with Gasteiger partial charge in [-0.3, -0.25) is 9.69 Å². The Kier molecular flexibility index (Phi) is 8.79. The van der Waals surface area contributed by atoms with Gasteiger partial charge in [0, 0.05) is 23.4 Å². The van der Waals surface area contributed by atoms with Crippen LogP contribution in [0.15, 0.2) is 91.0 Å². The van der Waals surface area contributed by atoms with E-state index in [4.69, 9.17) is 23.8 Å². The lowest BCUT2D eigenvalue weighted by atomic mass is 9.43. The van der Waals surface area contributed by atoms with Gasteiger partial charge in [-0.05, 0) is 61.1 Å². The molecule has 0 unspecified atom stereocenters. The predicted molar refractivity (Wildman–Crippen MR) is 196 cm³/mol. The van der Waals surface area contributed by atoms with Crippen LogP contribution in [0.3, 0.4) is 0 Å². The molecule has 51 heavy (non-hydrogen) atoms. The molecular formula is C41H46BN3O6. The fourth-order valence-corrected chi connectivity index (χ4v) is 9.03. The molecule has 5 fully saturated rings. The first kappa shape index (κ1) is 33.7. The van der Waals surface area contributed by atoms with Crippen molar-refractivity contribution in [2.75, 3.05) is 6.54 Å². The number of likely N-dealkylation sites (tertiary alicyclic amines) is 1. The van der Waals surface area contributed by atoms with E-state index in [2.05, 4.69) is 26.1 Å². The van der Waals surface area contributed by atoms with E-state index in [1.165, 1.54) is 4.90 Å². The quantitative estimate of drug-likeness (QED) is 0.186. The van der Waals surface area contributed by atoms with Gasteiger partial charge in [-0.25, -0.2) is 9.78 Å². The van der Waals surface area contributed by atoms with Gasteiger partial charge in [0.1, 0.15) is 24.5 Å². The van der Waals surface area contributed by atoms with Crippen LogP contribution in [0.25, 0.3) is 22.2 Å². The minimum absolute atomic E-state index is 0.00918. The van der Waals surface area contributed by atoms with Gasteiger partial charge < -0.3 is 24.1 Å². The zero-order valence-corrected chi connectivity index (χ0v) is 29.8. The Labute approximate surface area is 300 Å². The Morgan fingerprint density at radius 2 is 1.71 bits per heavy atom. The maximum Gasteiger partial charge on any atom is 0.481 e. The molecule has 9 nitrogen and oxygen atoms in total. The largest absolute Gasteiger partial charge is 0.488 e. The normalized spacial score (nSPS) is 28.1. The summed E-state index contributed by atoms with van der Waals surface area (Å²) in [4.78, 5) is 34.4. The molecule has 4 aromatic rings. The van der Waals surface area contributed by atoms with Gasteiger partial charge in [0.25, 0.3) is 0 Å². The molecule has 9 rings (SSSR count). The fraction of sp³-hybridized carbons (Fsp3) is 0.439. The van der Waals surface area contributed by atoms with Crippen molar-refractivity contribution in [3.8, 4) is 17.0 Å². The number of amides is 2. The Morgan fingerprint density at radius 3 is 2.45 bits per heavy atom. The SMILES string of the molecule is CC[C@H](NC(=O)[C@@H]1C[C@@H](Oc2cc(-c3ccccc3)nc3ccccc23)CN1C(=O)OCc1ccccc1)B1O[C@@H]2C[C@H]3C[C@H](C3(C)C)[C@]2(C)O1. The predicted octanol–water partition coefficient (Wildman–Crippen LogP) is 7.22. The highest BCUT2D eigenvalue weighted by atomic mass is 16.7. The number of para-hydroxylation sites is 1. The molecule has 0 radical (unpaired) electrons. The van der Waals surface area contributed by atoms with Gasteiger partial charge in [0.2, 0.25) is 5.91 Å². The van der Waals surface area contributed by atoms with Gasteiger partial charge in [0.05, 0.1) is 35.4 Å². The molecule has 2 amide bonds. The number of aromatic nitrogens is 1. The molecule has 5 aliphatic rings. The van der Waals surface area contributed by atoms with Crippen LogP contribution in [0, 0.1) is 17.3 Å². The van der Waals surface area contributed by atoms with Crippen LogP contribution in [0.5, 0.6) is 5.75 Å². The van der Waals surface area contributed by atoms with Gasteiger partial charge in [0.15, 0.2) is 0 Å². The monoisotopic (exact) mass is 687 g/mol. The Bertz CT molecular complexity index is 1910. The highest BCUT2D eigenvalue weighted by Gasteiger charge is 2.68. The maximum atomic E-state index is 14.2. The molecular weight excluding hydrogens is 641 g/mol. The number of pyridine rings is 1. The highest BCUT2D eigenvalue weighted by molar-refractivity contribution is 6.47. The van der Waals surface area contributed by atoms with E-state index < -0.39 is 25.4 Å². The second-order valence-corrected chi connectivity index (χ2v) is 15.4. The number of rotatable bonds is 9. The average molecular weight is 688 g/mol. The van der Waals surface area contributed by atoms with E-state index in [1.807, 2.05) is 97.9 Å². The average Bonchev–Trinajstić information content (AvgIpc) is 3.74. The van der Waals surface area contributed by atoms with Gasteiger partial charge >= 0.3 is 13.2 Å². The van der Waals surface area contributed by atoms with Crippen molar-refractivity contribution in [1.82, 2.24) is 15.2 Å². The topological polar surface area (TPSA) is 99.2 Å². The zero-order valence-electron chi connectivity index (χ0n) is 29.8. The van der Waals surface area contributed by atoms with Crippen LogP contribution in [-0.4, -0.2) is 65.3 Å². The summed E-state index contributed by atoms with van der Waals surface area (Å²) >= 11 is 0. The molecule has 7 atom stereocenters. The first-order chi connectivity index (χ1) is 24.6. The summed E-state index contributed by atoms with van der Waals surface area (Å²) in [6.45, 7) is 9.18. The first-order valence-electron chi connectivity index (χ1n) is 18.4. The second kappa shape index (κ2) is 13.3. The van der Waals surface area contributed by atoms with Crippen molar-refractivity contribution in [1.29, 1.82) is 0 Å². The van der Waals surface area contributed by atoms with Crippen LogP contribution < -0.4 is 10.1 Å². The third-order valence-corrected chi connectivity index (χ3v) is 12.1. The molecule has 2 bridgehead atoms. The van der Waals surface area contributed by atoms with E-state index in [0.29, 0.717) is 30.4 Å². The Hall–Kier alpha value is -4.41. The number of hydrogen-bond donors (Lipinski definition) is 1. The number of carbonyl (C=O) groups excluding carboxylic acids is 2. The minimum Gasteiger partial charge on any atom is -0.488 e. The van der Waals surface area contributed by atoms with Crippen molar-refractivity contribution < 1.29 is 28.4 Å². The molecule has 0 spiro atoms. The number of benzene rings is 3. The van der Waals surface area contributed by atoms with E-state index in [0.717, 1.165) is 40.6 Å². The summed E-state index contributed by atoms with van der Waals surface area (Å²) in [6.07, 6.45) is 2.03. The third-order valence-electron chi connectivity index (χ3n) is 12.1. The number of nitrogens with one attached hydrogen (secondary N) is 1. The van der Waals surface area contributed by atoms with Gasteiger partial charge in [-0.1, -0.05) is 93.6 Å². The van der Waals surface area contributed by atoms with E-state index in [-0.39, 0.29) is 42.1 Å². The smallest absolute Gasteiger partial charge is 0.481 e. The number of nitrogens with zero attached hydrogens (tertiary/aromatic N) is 2. The molecule has 3 saturated carbocycles. The summed E-state index contributed by atoms with van der Waals surface area (Å²) < 4.78 is 25.8. The molecule has 2 saturated heterocycles. The van der Waals surface area contributed by atoms with Crippen LogP contribution in [0.2, 0.25) is 0 Å². The molecule has 3 aromatic carbocycles. The second-order valence-electron chi connectivity index (χ2n) is 15.4. The summed E-state index contributed by atoms with van der Waals surface area (Å²) in [5.74, 6) is 1.05. The third kappa shape index (κ3) is 6.16. The highest BCUT2D eigenvalue weighted by Crippen LogP contribution is 2.65. The van der Waals surface area contributed by atoms with Gasteiger partial charge in [-0.15, -0.1) is 0 Å². The van der Waals surface area contributed by atoms with Crippen LogP contribution in [-0.2, 0) is 25.4 Å². The van der Waals surface area contributed by atoms with Crippen molar-refractivity contribution >= 4 is 30.0 Å². The summed E-state index contributed by atoms with van der Waals surface area (Å²) in [5, 5.41) is 4.09. The van der Waals surface area contributed by atoms with Gasteiger partial charge in [-0.2, -0.15) is 0 Å². The van der Waals surface area contributed by atoms with Crippen LogP contribution in [0.1, 0.15) is 58.9 Å². The fourth-order valence-electron chi connectivity index (χ4n) is 9.03. The molecule has 1 N–H and O–H groups in total. The standard InChI is InChI=1S/C41H46BN3O6/c1-5-37(42-50-36-21-28-20-35(40(28,2)3)41(36,4)51-42)44-38(46)33-22-29(24-45(33)39(47)48-25-26-14-8-6-9-15-26)49-34-23-32(27-16-10-7-11-17-27)43-31-19-13-12-18-30(31)34/h6-19,23,28-29,33,35-37H,5,20-22,24-25H2,1-4H3,(H,44,46)/t28-,29-,33+,35-,36-,37+,41+/m1/s1. The molecule has 1 aromatic heterocycles. The number of hydrogen-bond acceptors (Lipinski definition) is 7. The number of ether oxygens (including phenoxy) is 2. The lowest BCUT2D eigenvalue weighted by molar-refractivity contribution is -0.199. The molecule has 2 aliphatic heterocycles. The summed E-state index contributed by atoms with van der Waals surface area (Å²) in [5.41, 5.74) is 3.26. The Balaban J connectivity index is 1.03. The van der Waals surface area contributed by atoms with Crippen molar-refractivity contribution in [2.45, 2.75) is 89.8 Å². The van der Waals surface area contributed by atoms with Crippen LogP contribution in [0.4, 0.5) is 4.79 Å². The van der Waals surface area contributed by atoms with Crippen LogP contribution >= 0.6 is 0 Å². The lowest BCUT2D eigenvalue weighted by Crippen LogP contribution is -2.65. The minimum atomic E-state index is -0.806. The summed E-state index contributed by atoms with van der Waals surface area (Å²) in [7, 11) is -0.560. The van der Waals surface area contributed by atoms with Crippen molar-refractivity contribution in [3.05, 3.63) is 96.6 Å². The molecule has 3 aliphatic carbocycles. The lowest BCUT2D eigenvalue weighted by Gasteiger charge is -2.64. The van der Waals surface area contributed by atoms with E-state index in [9.17, 15) is 9.59 Å². The Morgan fingerprint density at radius 1 is 0.980 bits per heavy atom. The first-order valence-corrected chi connectivity index (χ1v) is 18.4. The van der Waals surface area contributed by atoms with E-state index in [1.54, 1.807) is 0 Å². The van der Waals surface area contributed by atoms with Crippen molar-refractivity contribution in [2.24, 2.45) is 17.3 Å².